The van der Waals surface area contributed by atoms with E-state index in [1.165, 1.54) is 0 Å². The number of hydrogen-bond donors (Lipinski definition) is 1. The standard InChI is InChI=1S/C6H10N2O/c1-3-8-5(2)4-7-6(8)9/h2-4H2,1H3,(H,7,9). The Balaban J connectivity index is 2.66. The number of carbonyl (C=O) groups is 1. The first-order valence-corrected chi connectivity index (χ1v) is 2.99. The summed E-state index contributed by atoms with van der Waals surface area (Å²) in [7, 11) is 0. The Bertz CT molecular complexity index is 137. The predicted octanol–water partition coefficient (Wildman–Crippen LogP) is 0.545. The molecular formula is C6H10N2O. The maximum absolute atomic E-state index is 10.8. The van der Waals surface area contributed by atoms with Gasteiger partial charge in [-0.2, -0.15) is 0 Å². The number of rotatable bonds is 1. The summed E-state index contributed by atoms with van der Waals surface area (Å²) in [5, 5.41) is 2.66. The maximum Gasteiger partial charge on any atom is 0.321 e. The predicted molar refractivity (Wildman–Crippen MR) is 34.9 cm³/mol. The number of urea groups is 1. The fourth-order valence-electron chi connectivity index (χ4n) is 0.879. The molecule has 0 aromatic rings. The quantitative estimate of drug-likeness (QED) is 0.546. The SMILES string of the molecule is C=C1CNC(=O)N1CC. The van der Waals surface area contributed by atoms with Crippen LogP contribution in [0.1, 0.15) is 6.92 Å². The second kappa shape index (κ2) is 2.09. The van der Waals surface area contributed by atoms with Gasteiger partial charge in [0.15, 0.2) is 0 Å². The highest BCUT2D eigenvalue weighted by molar-refractivity contribution is 5.79. The van der Waals surface area contributed by atoms with Crippen molar-refractivity contribution in [1.82, 2.24) is 10.2 Å². The molecule has 1 saturated heterocycles. The van der Waals surface area contributed by atoms with E-state index < -0.39 is 0 Å². The Hall–Kier alpha value is -0.990. The van der Waals surface area contributed by atoms with Crippen LogP contribution in [0.5, 0.6) is 0 Å². The monoisotopic (exact) mass is 126 g/mol. The molecule has 0 aromatic heterocycles. The van der Waals surface area contributed by atoms with Crippen LogP contribution in [0.25, 0.3) is 0 Å². The molecule has 0 bridgehead atoms. The average Bonchev–Trinajstić information content (AvgIpc) is 2.12. The van der Waals surface area contributed by atoms with Crippen LogP contribution in [-0.4, -0.2) is 24.0 Å². The van der Waals surface area contributed by atoms with Crippen LogP contribution < -0.4 is 5.32 Å². The van der Waals surface area contributed by atoms with Gasteiger partial charge in [-0.05, 0) is 6.92 Å². The van der Waals surface area contributed by atoms with Gasteiger partial charge in [0.2, 0.25) is 0 Å². The summed E-state index contributed by atoms with van der Waals surface area (Å²) in [6.45, 7) is 6.94. The van der Waals surface area contributed by atoms with E-state index in [1.807, 2.05) is 6.92 Å². The van der Waals surface area contributed by atoms with Gasteiger partial charge in [-0.25, -0.2) is 4.79 Å². The number of nitrogens with one attached hydrogen (secondary N) is 1. The van der Waals surface area contributed by atoms with Crippen LogP contribution in [0.3, 0.4) is 0 Å². The van der Waals surface area contributed by atoms with Crippen molar-refractivity contribution in [2.75, 3.05) is 13.1 Å². The van der Waals surface area contributed by atoms with Crippen molar-refractivity contribution in [3.63, 3.8) is 0 Å². The minimum Gasteiger partial charge on any atom is -0.332 e. The highest BCUT2D eigenvalue weighted by atomic mass is 16.2. The van der Waals surface area contributed by atoms with E-state index >= 15 is 0 Å². The molecule has 3 nitrogen and oxygen atoms in total. The molecule has 3 heteroatoms. The van der Waals surface area contributed by atoms with Crippen LogP contribution in [-0.2, 0) is 0 Å². The highest BCUT2D eigenvalue weighted by Crippen LogP contribution is 2.06. The Morgan fingerprint density at radius 1 is 1.89 bits per heavy atom. The molecule has 1 N–H and O–H groups in total. The second-order valence-electron chi connectivity index (χ2n) is 1.97. The lowest BCUT2D eigenvalue weighted by molar-refractivity contribution is 0.225. The third-order valence-electron chi connectivity index (χ3n) is 1.39. The summed E-state index contributed by atoms with van der Waals surface area (Å²) in [5.41, 5.74) is 0.863. The zero-order valence-electron chi connectivity index (χ0n) is 5.48. The number of carbonyl (C=O) groups excluding carboxylic acids is 1. The molecule has 0 saturated carbocycles. The molecule has 1 aliphatic heterocycles. The van der Waals surface area contributed by atoms with E-state index in [9.17, 15) is 4.79 Å². The van der Waals surface area contributed by atoms with Gasteiger partial charge < -0.3 is 5.32 Å². The van der Waals surface area contributed by atoms with Gasteiger partial charge in [0, 0.05) is 12.2 Å². The Kier molecular flexibility index (Phi) is 1.42. The molecule has 50 valence electrons. The van der Waals surface area contributed by atoms with Gasteiger partial charge in [-0.1, -0.05) is 6.58 Å². The molecule has 1 rings (SSSR count). The Labute approximate surface area is 54.3 Å². The summed E-state index contributed by atoms with van der Waals surface area (Å²) in [6, 6.07) is -0.0255. The van der Waals surface area contributed by atoms with Crippen molar-refractivity contribution in [3.8, 4) is 0 Å². The number of amides is 2. The van der Waals surface area contributed by atoms with Crippen LogP contribution in [0.2, 0.25) is 0 Å². The first-order chi connectivity index (χ1) is 4.25. The van der Waals surface area contributed by atoms with E-state index in [-0.39, 0.29) is 6.03 Å². The molecule has 9 heavy (non-hydrogen) atoms. The minimum atomic E-state index is -0.0255. The topological polar surface area (TPSA) is 32.3 Å². The molecule has 0 atom stereocenters. The summed E-state index contributed by atoms with van der Waals surface area (Å²) in [5.74, 6) is 0. The van der Waals surface area contributed by atoms with Gasteiger partial charge in [0.05, 0.1) is 6.54 Å². The summed E-state index contributed by atoms with van der Waals surface area (Å²) in [6.07, 6.45) is 0. The Morgan fingerprint density at radius 3 is 2.78 bits per heavy atom. The third kappa shape index (κ3) is 0.896. The van der Waals surface area contributed by atoms with Gasteiger partial charge >= 0.3 is 6.03 Å². The van der Waals surface area contributed by atoms with Crippen molar-refractivity contribution in [3.05, 3.63) is 12.3 Å². The lowest BCUT2D eigenvalue weighted by atomic mass is 10.5. The lowest BCUT2D eigenvalue weighted by Gasteiger charge is -2.10. The van der Waals surface area contributed by atoms with E-state index in [4.69, 9.17) is 0 Å². The zero-order valence-corrected chi connectivity index (χ0v) is 5.48. The van der Waals surface area contributed by atoms with Crippen LogP contribution in [0.4, 0.5) is 4.79 Å². The second-order valence-corrected chi connectivity index (χ2v) is 1.97. The van der Waals surface area contributed by atoms with Crippen molar-refractivity contribution >= 4 is 6.03 Å². The molecule has 0 spiro atoms. The summed E-state index contributed by atoms with van der Waals surface area (Å²) < 4.78 is 0. The molecule has 0 aromatic carbocycles. The van der Waals surface area contributed by atoms with Gasteiger partial charge in [0.25, 0.3) is 0 Å². The first kappa shape index (κ1) is 6.13. The number of hydrogen-bond acceptors (Lipinski definition) is 1. The highest BCUT2D eigenvalue weighted by Gasteiger charge is 2.20. The molecule has 1 aliphatic rings. The van der Waals surface area contributed by atoms with E-state index in [0.29, 0.717) is 13.1 Å². The fraction of sp³-hybridized carbons (Fsp3) is 0.500. The molecule has 1 heterocycles. The van der Waals surface area contributed by atoms with Crippen molar-refractivity contribution in [2.24, 2.45) is 0 Å². The van der Waals surface area contributed by atoms with Crippen LogP contribution in [0, 0.1) is 0 Å². The lowest BCUT2D eigenvalue weighted by Crippen LogP contribution is -2.26. The van der Waals surface area contributed by atoms with Gasteiger partial charge in [-0.15, -0.1) is 0 Å². The van der Waals surface area contributed by atoms with Crippen molar-refractivity contribution < 1.29 is 4.79 Å². The largest absolute Gasteiger partial charge is 0.332 e. The van der Waals surface area contributed by atoms with E-state index in [1.54, 1.807) is 4.90 Å². The molecule has 0 radical (unpaired) electrons. The summed E-state index contributed by atoms with van der Waals surface area (Å²) >= 11 is 0. The first-order valence-electron chi connectivity index (χ1n) is 2.99. The minimum absolute atomic E-state index is 0.0255. The van der Waals surface area contributed by atoms with Crippen LogP contribution >= 0.6 is 0 Å². The zero-order chi connectivity index (χ0) is 6.85. The van der Waals surface area contributed by atoms with Gasteiger partial charge in [0.1, 0.15) is 0 Å². The normalized spacial score (nSPS) is 18.6. The van der Waals surface area contributed by atoms with Crippen molar-refractivity contribution in [1.29, 1.82) is 0 Å². The third-order valence-corrected chi connectivity index (χ3v) is 1.39. The maximum atomic E-state index is 10.8. The van der Waals surface area contributed by atoms with E-state index in [0.717, 1.165) is 5.70 Å². The summed E-state index contributed by atoms with van der Waals surface area (Å²) in [4.78, 5) is 12.4. The van der Waals surface area contributed by atoms with Crippen LogP contribution in [0.15, 0.2) is 12.3 Å². The molecule has 0 unspecified atom stereocenters. The fourth-order valence-corrected chi connectivity index (χ4v) is 0.879. The number of likely N-dealkylation sites (N-methyl/N-ethyl adjacent to an activating group) is 1. The molecule has 0 aliphatic carbocycles. The van der Waals surface area contributed by atoms with Gasteiger partial charge in [-0.3, -0.25) is 4.90 Å². The van der Waals surface area contributed by atoms with Crippen molar-refractivity contribution in [2.45, 2.75) is 6.92 Å². The molecule has 1 fully saturated rings. The van der Waals surface area contributed by atoms with E-state index in [2.05, 4.69) is 11.9 Å². The smallest absolute Gasteiger partial charge is 0.321 e. The average molecular weight is 126 g/mol. The molecule has 2 amide bonds. The Morgan fingerprint density at radius 2 is 2.56 bits per heavy atom. The number of nitrogens with zero attached hydrogens (tertiary/aromatic N) is 1. The molecular weight excluding hydrogens is 116 g/mol.